The molecule has 106 valence electrons. The topological polar surface area (TPSA) is 32.3 Å². The van der Waals surface area contributed by atoms with Gasteiger partial charge in [-0.05, 0) is 37.7 Å². The molecular weight excluding hydrogens is 234 g/mol. The summed E-state index contributed by atoms with van der Waals surface area (Å²) < 4.78 is 0. The van der Waals surface area contributed by atoms with Gasteiger partial charge in [0.1, 0.15) is 0 Å². The van der Waals surface area contributed by atoms with Crippen LogP contribution in [0.2, 0.25) is 0 Å². The van der Waals surface area contributed by atoms with E-state index in [1.165, 1.54) is 30.4 Å². The van der Waals surface area contributed by atoms with Crippen molar-refractivity contribution in [3.8, 4) is 0 Å². The molecule has 1 aromatic carbocycles. The van der Waals surface area contributed by atoms with Gasteiger partial charge < -0.3 is 10.4 Å². The molecule has 3 unspecified atom stereocenters. The average molecular weight is 261 g/mol. The van der Waals surface area contributed by atoms with E-state index in [4.69, 9.17) is 0 Å². The predicted molar refractivity (Wildman–Crippen MR) is 80.2 cm³/mol. The van der Waals surface area contributed by atoms with Crippen molar-refractivity contribution in [1.82, 2.24) is 5.32 Å². The van der Waals surface area contributed by atoms with E-state index in [2.05, 4.69) is 43.4 Å². The molecule has 19 heavy (non-hydrogen) atoms. The van der Waals surface area contributed by atoms with Crippen LogP contribution in [0.1, 0.15) is 56.2 Å². The van der Waals surface area contributed by atoms with Gasteiger partial charge in [0.2, 0.25) is 0 Å². The van der Waals surface area contributed by atoms with Crippen LogP contribution in [0.25, 0.3) is 0 Å². The second kappa shape index (κ2) is 7.06. The van der Waals surface area contributed by atoms with E-state index in [-0.39, 0.29) is 6.10 Å². The Bertz CT molecular complexity index is 373. The van der Waals surface area contributed by atoms with Crippen LogP contribution in [0.5, 0.6) is 0 Å². The lowest BCUT2D eigenvalue weighted by Gasteiger charge is -2.29. The molecule has 0 heterocycles. The van der Waals surface area contributed by atoms with Crippen molar-refractivity contribution in [3.63, 3.8) is 0 Å². The fourth-order valence-electron chi connectivity index (χ4n) is 3.02. The van der Waals surface area contributed by atoms with Gasteiger partial charge in [-0.15, -0.1) is 0 Å². The molecule has 2 N–H and O–H groups in total. The molecule has 0 aromatic heterocycles. The molecule has 2 nitrogen and oxygen atoms in total. The summed E-state index contributed by atoms with van der Waals surface area (Å²) in [5.41, 5.74) is 2.67. The quantitative estimate of drug-likeness (QED) is 0.849. The number of aliphatic hydroxyl groups is 1. The molecule has 2 heteroatoms. The monoisotopic (exact) mass is 261 g/mol. The molecule has 0 amide bonds. The van der Waals surface area contributed by atoms with Crippen LogP contribution in [0.4, 0.5) is 0 Å². The molecule has 0 bridgehead atoms. The molecule has 0 aliphatic heterocycles. The Morgan fingerprint density at radius 1 is 1.21 bits per heavy atom. The van der Waals surface area contributed by atoms with Crippen LogP contribution in [0, 0.1) is 12.8 Å². The molecule has 0 saturated heterocycles. The SMILES string of the molecule is CCC(NCC1CCCCC1O)c1ccc(C)cc1. The summed E-state index contributed by atoms with van der Waals surface area (Å²) in [5.74, 6) is 0.438. The van der Waals surface area contributed by atoms with Crippen molar-refractivity contribution >= 4 is 0 Å². The van der Waals surface area contributed by atoms with Crippen LogP contribution in [-0.2, 0) is 0 Å². The van der Waals surface area contributed by atoms with Gasteiger partial charge in [0.25, 0.3) is 0 Å². The van der Waals surface area contributed by atoms with Crippen molar-refractivity contribution in [2.75, 3.05) is 6.54 Å². The number of hydrogen-bond donors (Lipinski definition) is 2. The van der Waals surface area contributed by atoms with E-state index in [1.807, 2.05) is 0 Å². The van der Waals surface area contributed by atoms with Crippen LogP contribution in [0.15, 0.2) is 24.3 Å². The zero-order valence-corrected chi connectivity index (χ0v) is 12.2. The average Bonchev–Trinajstić information content (AvgIpc) is 2.43. The van der Waals surface area contributed by atoms with E-state index in [0.717, 1.165) is 19.4 Å². The van der Waals surface area contributed by atoms with Crippen molar-refractivity contribution in [3.05, 3.63) is 35.4 Å². The highest BCUT2D eigenvalue weighted by Gasteiger charge is 2.23. The Balaban J connectivity index is 1.90. The summed E-state index contributed by atoms with van der Waals surface area (Å²) in [6.45, 7) is 5.28. The minimum absolute atomic E-state index is 0.100. The highest BCUT2D eigenvalue weighted by atomic mass is 16.3. The van der Waals surface area contributed by atoms with Crippen LogP contribution < -0.4 is 5.32 Å². The van der Waals surface area contributed by atoms with Crippen molar-refractivity contribution in [1.29, 1.82) is 0 Å². The van der Waals surface area contributed by atoms with Crippen LogP contribution >= 0.6 is 0 Å². The molecule has 0 spiro atoms. The minimum Gasteiger partial charge on any atom is -0.393 e. The number of aliphatic hydroxyl groups excluding tert-OH is 1. The van der Waals surface area contributed by atoms with Crippen LogP contribution in [-0.4, -0.2) is 17.8 Å². The number of hydrogen-bond acceptors (Lipinski definition) is 2. The first-order valence-electron chi connectivity index (χ1n) is 7.68. The Kier molecular flexibility index (Phi) is 5.41. The maximum absolute atomic E-state index is 10.0. The Labute approximate surface area is 117 Å². The lowest BCUT2D eigenvalue weighted by Crippen LogP contribution is -2.35. The molecule has 1 aliphatic carbocycles. The number of nitrogens with one attached hydrogen (secondary N) is 1. The van der Waals surface area contributed by atoms with Crippen molar-refractivity contribution in [2.45, 2.75) is 58.1 Å². The molecule has 2 rings (SSSR count). The maximum Gasteiger partial charge on any atom is 0.0580 e. The van der Waals surface area contributed by atoms with Gasteiger partial charge in [0, 0.05) is 12.6 Å². The second-order valence-corrected chi connectivity index (χ2v) is 5.89. The van der Waals surface area contributed by atoms with E-state index in [9.17, 15) is 5.11 Å². The third-order valence-corrected chi connectivity index (χ3v) is 4.38. The Hall–Kier alpha value is -0.860. The third-order valence-electron chi connectivity index (χ3n) is 4.38. The van der Waals surface area contributed by atoms with Gasteiger partial charge in [-0.2, -0.15) is 0 Å². The van der Waals surface area contributed by atoms with E-state index in [0.29, 0.717) is 12.0 Å². The zero-order valence-electron chi connectivity index (χ0n) is 12.2. The first-order valence-corrected chi connectivity index (χ1v) is 7.68. The van der Waals surface area contributed by atoms with Gasteiger partial charge in [0.05, 0.1) is 6.10 Å². The van der Waals surface area contributed by atoms with Crippen molar-refractivity contribution in [2.24, 2.45) is 5.92 Å². The first kappa shape index (κ1) is 14.5. The fourth-order valence-corrected chi connectivity index (χ4v) is 3.02. The van der Waals surface area contributed by atoms with E-state index < -0.39 is 0 Å². The number of aryl methyl sites for hydroxylation is 1. The molecule has 1 aromatic rings. The van der Waals surface area contributed by atoms with E-state index >= 15 is 0 Å². The maximum atomic E-state index is 10.0. The molecule has 1 aliphatic rings. The highest BCUT2D eigenvalue weighted by Crippen LogP contribution is 2.25. The van der Waals surface area contributed by atoms with Gasteiger partial charge in [-0.25, -0.2) is 0 Å². The van der Waals surface area contributed by atoms with Gasteiger partial charge >= 0.3 is 0 Å². The lowest BCUT2D eigenvalue weighted by atomic mass is 9.86. The summed E-state index contributed by atoms with van der Waals surface area (Å²) in [4.78, 5) is 0. The van der Waals surface area contributed by atoms with Gasteiger partial charge in [-0.3, -0.25) is 0 Å². The number of benzene rings is 1. The molecule has 1 saturated carbocycles. The first-order chi connectivity index (χ1) is 9.20. The highest BCUT2D eigenvalue weighted by molar-refractivity contribution is 5.24. The smallest absolute Gasteiger partial charge is 0.0580 e. The second-order valence-electron chi connectivity index (χ2n) is 5.89. The molecule has 3 atom stereocenters. The lowest BCUT2D eigenvalue weighted by molar-refractivity contribution is 0.0680. The predicted octanol–water partition coefficient (Wildman–Crippen LogP) is 3.59. The third kappa shape index (κ3) is 4.05. The Morgan fingerprint density at radius 2 is 1.89 bits per heavy atom. The summed E-state index contributed by atoms with van der Waals surface area (Å²) in [5, 5.41) is 13.7. The summed E-state index contributed by atoms with van der Waals surface area (Å²) in [7, 11) is 0. The van der Waals surface area contributed by atoms with Crippen molar-refractivity contribution < 1.29 is 5.11 Å². The van der Waals surface area contributed by atoms with Gasteiger partial charge in [0.15, 0.2) is 0 Å². The van der Waals surface area contributed by atoms with Crippen LogP contribution in [0.3, 0.4) is 0 Å². The molecule has 0 radical (unpaired) electrons. The standard InChI is InChI=1S/C17H27NO/c1-3-16(14-10-8-13(2)9-11-14)18-12-15-6-4-5-7-17(15)19/h8-11,15-19H,3-7,12H2,1-2H3. The Morgan fingerprint density at radius 3 is 2.53 bits per heavy atom. The zero-order chi connectivity index (χ0) is 13.7. The number of rotatable bonds is 5. The summed E-state index contributed by atoms with van der Waals surface area (Å²) in [6.07, 6.45) is 5.59. The minimum atomic E-state index is -0.100. The van der Waals surface area contributed by atoms with Gasteiger partial charge in [-0.1, -0.05) is 49.6 Å². The molecular formula is C17H27NO. The van der Waals surface area contributed by atoms with E-state index in [1.54, 1.807) is 0 Å². The largest absolute Gasteiger partial charge is 0.393 e. The molecule has 1 fully saturated rings. The normalized spacial score (nSPS) is 25.2. The fraction of sp³-hybridized carbons (Fsp3) is 0.647. The summed E-state index contributed by atoms with van der Waals surface area (Å²) in [6, 6.07) is 9.20. The summed E-state index contributed by atoms with van der Waals surface area (Å²) >= 11 is 0.